The fourth-order valence-corrected chi connectivity index (χ4v) is 6.01. The van der Waals surface area contributed by atoms with Crippen LogP contribution in [0.5, 0.6) is 0 Å². The van der Waals surface area contributed by atoms with Gasteiger partial charge in [-0.2, -0.15) is 13.2 Å². The second-order valence-corrected chi connectivity index (χ2v) is 11.9. The van der Waals surface area contributed by atoms with Gasteiger partial charge in [0.1, 0.15) is 6.04 Å². The van der Waals surface area contributed by atoms with E-state index in [1.54, 1.807) is 30.5 Å². The lowest BCUT2D eigenvalue weighted by Crippen LogP contribution is -2.48. The van der Waals surface area contributed by atoms with E-state index in [-0.39, 0.29) is 37.7 Å². The highest BCUT2D eigenvalue weighted by Crippen LogP contribution is 2.42. The van der Waals surface area contributed by atoms with Gasteiger partial charge in [0.15, 0.2) is 6.29 Å². The SMILES string of the molecule is C[C@@H]1[C@H](CN(C)CCc2ccccn2)O[C@H](c2cccc(NC(=O)[C@@H]3CCCN3C(=O)C(F)(F)F)c2)O[C@@H]1c1ccc(CO)cc1. The Bertz CT molecular complexity index is 1470. The first kappa shape index (κ1) is 33.5. The number of nitrogens with zero attached hydrogens (tertiary/aromatic N) is 3. The summed E-state index contributed by atoms with van der Waals surface area (Å²) in [6.07, 6.45) is -3.44. The Kier molecular flexibility index (Phi) is 10.7. The number of benzene rings is 2. The van der Waals surface area contributed by atoms with Crippen molar-refractivity contribution >= 4 is 17.5 Å². The first-order valence-electron chi connectivity index (χ1n) is 15.4. The van der Waals surface area contributed by atoms with E-state index in [0.29, 0.717) is 29.1 Å². The van der Waals surface area contributed by atoms with Crippen LogP contribution in [0.4, 0.5) is 18.9 Å². The summed E-state index contributed by atoms with van der Waals surface area (Å²) in [6, 6.07) is 19.0. The highest BCUT2D eigenvalue weighted by Gasteiger charge is 2.47. The summed E-state index contributed by atoms with van der Waals surface area (Å²) < 4.78 is 52.4. The van der Waals surface area contributed by atoms with Crippen LogP contribution in [0.15, 0.2) is 72.9 Å². The zero-order chi connectivity index (χ0) is 32.8. The first-order chi connectivity index (χ1) is 22.0. The van der Waals surface area contributed by atoms with Gasteiger partial charge >= 0.3 is 12.1 Å². The quantitative estimate of drug-likeness (QED) is 0.321. The van der Waals surface area contributed by atoms with Crippen LogP contribution in [0.25, 0.3) is 0 Å². The van der Waals surface area contributed by atoms with Crippen LogP contribution in [-0.2, 0) is 32.1 Å². The molecule has 3 heterocycles. The van der Waals surface area contributed by atoms with E-state index in [9.17, 15) is 27.9 Å². The molecule has 2 amide bonds. The summed E-state index contributed by atoms with van der Waals surface area (Å²) >= 11 is 0. The van der Waals surface area contributed by atoms with E-state index in [1.807, 2.05) is 49.5 Å². The number of nitrogens with one attached hydrogen (secondary N) is 1. The maximum atomic E-state index is 13.1. The molecule has 46 heavy (non-hydrogen) atoms. The number of carbonyl (C=O) groups is 2. The molecule has 5 atom stereocenters. The van der Waals surface area contributed by atoms with Crippen molar-refractivity contribution in [2.75, 3.05) is 32.0 Å². The maximum absolute atomic E-state index is 13.1. The topological polar surface area (TPSA) is 104 Å². The summed E-state index contributed by atoms with van der Waals surface area (Å²) in [7, 11) is 2.03. The summed E-state index contributed by atoms with van der Waals surface area (Å²) in [4.78, 5) is 32.1. The third-order valence-corrected chi connectivity index (χ3v) is 8.58. The Morgan fingerprint density at radius 3 is 2.54 bits per heavy atom. The number of alkyl halides is 3. The van der Waals surface area contributed by atoms with Gasteiger partial charge < -0.3 is 29.7 Å². The molecule has 2 saturated heterocycles. The van der Waals surface area contributed by atoms with E-state index < -0.39 is 30.3 Å². The normalized spacial score (nSPS) is 23.5. The van der Waals surface area contributed by atoms with Gasteiger partial charge in [-0.1, -0.05) is 49.4 Å². The summed E-state index contributed by atoms with van der Waals surface area (Å²) in [5.74, 6) is -2.73. The molecule has 3 aromatic rings. The molecule has 0 spiro atoms. The number of anilines is 1. The van der Waals surface area contributed by atoms with Crippen molar-refractivity contribution in [2.45, 2.75) is 63.5 Å². The van der Waals surface area contributed by atoms with E-state index >= 15 is 0 Å². The minimum Gasteiger partial charge on any atom is -0.392 e. The first-order valence-corrected chi connectivity index (χ1v) is 15.4. The van der Waals surface area contributed by atoms with Crippen LogP contribution in [0.2, 0.25) is 0 Å². The van der Waals surface area contributed by atoms with Crippen LogP contribution in [0, 0.1) is 5.92 Å². The predicted molar refractivity (Wildman–Crippen MR) is 164 cm³/mol. The number of hydrogen-bond donors (Lipinski definition) is 2. The number of aliphatic hydroxyl groups is 1. The Balaban J connectivity index is 1.33. The van der Waals surface area contributed by atoms with Gasteiger partial charge in [0.25, 0.3) is 0 Å². The summed E-state index contributed by atoms with van der Waals surface area (Å²) in [6.45, 7) is 3.25. The van der Waals surface area contributed by atoms with Crippen molar-refractivity contribution in [3.05, 3.63) is 95.3 Å². The van der Waals surface area contributed by atoms with E-state index in [0.717, 1.165) is 29.8 Å². The molecule has 2 aromatic carbocycles. The van der Waals surface area contributed by atoms with Gasteiger partial charge in [-0.25, -0.2) is 0 Å². The molecule has 9 nitrogen and oxygen atoms in total. The number of halogens is 3. The van der Waals surface area contributed by atoms with Crippen molar-refractivity contribution in [1.82, 2.24) is 14.8 Å². The highest BCUT2D eigenvalue weighted by atomic mass is 19.4. The van der Waals surface area contributed by atoms with Crippen LogP contribution in [0.3, 0.4) is 0 Å². The Hall–Kier alpha value is -3.84. The van der Waals surface area contributed by atoms with Crippen molar-refractivity contribution < 1.29 is 37.3 Å². The number of carbonyl (C=O) groups excluding carboxylic acids is 2. The molecule has 0 bridgehead atoms. The van der Waals surface area contributed by atoms with Crippen molar-refractivity contribution in [2.24, 2.45) is 5.92 Å². The van der Waals surface area contributed by atoms with Gasteiger partial charge in [-0.15, -0.1) is 0 Å². The largest absolute Gasteiger partial charge is 0.471 e. The van der Waals surface area contributed by atoms with Crippen molar-refractivity contribution in [1.29, 1.82) is 0 Å². The number of likely N-dealkylation sites (N-methyl/N-ethyl adjacent to an activating group) is 1. The fraction of sp³-hybridized carbons (Fsp3) is 0.441. The van der Waals surface area contributed by atoms with Gasteiger partial charge in [0.05, 0.1) is 18.8 Å². The van der Waals surface area contributed by atoms with E-state index in [2.05, 4.69) is 22.1 Å². The Morgan fingerprint density at radius 2 is 1.85 bits per heavy atom. The summed E-state index contributed by atoms with van der Waals surface area (Å²) in [5, 5.41) is 12.2. The summed E-state index contributed by atoms with van der Waals surface area (Å²) in [5.41, 5.74) is 3.69. The number of aliphatic hydroxyl groups excluding tert-OH is 1. The van der Waals surface area contributed by atoms with Gasteiger partial charge in [-0.3, -0.25) is 14.6 Å². The van der Waals surface area contributed by atoms with Gasteiger partial charge in [-0.05, 0) is 55.3 Å². The van der Waals surface area contributed by atoms with Crippen LogP contribution in [0.1, 0.15) is 54.5 Å². The average Bonchev–Trinajstić information content (AvgIpc) is 3.55. The molecular formula is C34H39F3N4O5. The molecule has 2 N–H and O–H groups in total. The lowest BCUT2D eigenvalue weighted by molar-refractivity contribution is -0.275. The molecule has 2 aliphatic rings. The molecular weight excluding hydrogens is 601 g/mol. The molecule has 0 aliphatic carbocycles. The third-order valence-electron chi connectivity index (χ3n) is 8.58. The Morgan fingerprint density at radius 1 is 1.07 bits per heavy atom. The predicted octanol–water partition coefficient (Wildman–Crippen LogP) is 5.03. The minimum absolute atomic E-state index is 0.0454. The van der Waals surface area contributed by atoms with Crippen LogP contribution >= 0.6 is 0 Å². The second kappa shape index (κ2) is 14.7. The molecule has 246 valence electrons. The van der Waals surface area contributed by atoms with Crippen molar-refractivity contribution in [3.8, 4) is 0 Å². The molecule has 0 unspecified atom stereocenters. The number of rotatable bonds is 10. The number of likely N-dealkylation sites (tertiary alicyclic amines) is 1. The average molecular weight is 641 g/mol. The zero-order valence-corrected chi connectivity index (χ0v) is 25.8. The molecule has 2 aliphatic heterocycles. The minimum atomic E-state index is -5.05. The highest BCUT2D eigenvalue weighted by molar-refractivity contribution is 5.98. The molecule has 12 heteroatoms. The second-order valence-electron chi connectivity index (χ2n) is 11.9. The molecule has 5 rings (SSSR count). The lowest BCUT2D eigenvalue weighted by Gasteiger charge is -2.42. The number of ether oxygens (including phenoxy) is 2. The molecule has 1 aromatic heterocycles. The fourth-order valence-electron chi connectivity index (χ4n) is 6.01. The zero-order valence-electron chi connectivity index (χ0n) is 25.8. The monoisotopic (exact) mass is 640 g/mol. The third kappa shape index (κ3) is 8.11. The van der Waals surface area contributed by atoms with Gasteiger partial charge in [0.2, 0.25) is 5.91 Å². The number of pyridine rings is 1. The van der Waals surface area contributed by atoms with E-state index in [4.69, 9.17) is 9.47 Å². The van der Waals surface area contributed by atoms with E-state index in [1.165, 1.54) is 0 Å². The molecule has 0 radical (unpaired) electrons. The number of aromatic nitrogens is 1. The maximum Gasteiger partial charge on any atom is 0.471 e. The number of amides is 2. The Labute approximate surface area is 266 Å². The van der Waals surface area contributed by atoms with Crippen molar-refractivity contribution in [3.63, 3.8) is 0 Å². The smallest absolute Gasteiger partial charge is 0.392 e. The van der Waals surface area contributed by atoms with Crippen LogP contribution < -0.4 is 5.32 Å². The number of hydrogen-bond acceptors (Lipinski definition) is 7. The molecule has 2 fully saturated rings. The van der Waals surface area contributed by atoms with Gasteiger partial charge in [0, 0.05) is 55.1 Å². The molecule has 0 saturated carbocycles. The van der Waals surface area contributed by atoms with Crippen LogP contribution in [-0.4, -0.2) is 76.7 Å². The standard InChI is InChI=1S/C34H39F3N4O5/c1-22-29(20-40(2)18-15-26-8-3-4-16-38-26)45-32(46-30(22)24-13-11-23(21-42)12-14-24)25-7-5-9-27(19-25)39-31(43)28-10-6-17-41(28)33(44)34(35,36)37/h3-5,7-9,11-14,16,19,22,28-30,32,42H,6,10,15,17-18,20-21H2,1-2H3,(H,39,43)/t22-,28+,29+,30+,32+/m1/s1. The lowest BCUT2D eigenvalue weighted by atomic mass is 9.90.